The van der Waals surface area contributed by atoms with Gasteiger partial charge in [0, 0.05) is 58.7 Å². The molecule has 0 fully saturated rings. The Balaban J connectivity index is 1.92. The minimum absolute atomic E-state index is 0.900. The largest absolute Gasteiger partial charge is 0.323 e. The molecule has 0 saturated carbocycles. The molecular weight excluding hydrogens is 344 g/mol. The summed E-state index contributed by atoms with van der Waals surface area (Å²) in [5, 5.41) is 4.73. The van der Waals surface area contributed by atoms with E-state index < -0.39 is 0 Å². The predicted octanol–water partition coefficient (Wildman–Crippen LogP) is 5.52. The van der Waals surface area contributed by atoms with Crippen molar-refractivity contribution < 1.29 is 0 Å². The van der Waals surface area contributed by atoms with Crippen LogP contribution in [0.15, 0.2) is 97.8 Å². The molecule has 0 N–H and O–H groups in total. The Morgan fingerprint density at radius 3 is 1.36 bits per heavy atom. The van der Waals surface area contributed by atoms with Crippen LogP contribution < -0.4 is 0 Å². The van der Waals surface area contributed by atoms with Gasteiger partial charge in [-0.2, -0.15) is 0 Å². The third-order valence-electron chi connectivity index (χ3n) is 5.28. The Morgan fingerprint density at radius 2 is 0.929 bits per heavy atom. The number of fused-ring (bicyclic) bond motifs is 3. The summed E-state index contributed by atoms with van der Waals surface area (Å²) >= 11 is 0. The van der Waals surface area contributed by atoms with Crippen LogP contribution in [0.2, 0.25) is 0 Å². The first-order valence-electron chi connectivity index (χ1n) is 9.26. The van der Waals surface area contributed by atoms with Gasteiger partial charge in [0.2, 0.25) is 0 Å². The Bertz CT molecular complexity index is 1330. The van der Waals surface area contributed by atoms with E-state index in [1.165, 1.54) is 22.1 Å². The molecular formula is C24H16N4. The average molecular weight is 360 g/mol. The first-order chi connectivity index (χ1) is 13.9. The molecule has 28 heavy (non-hydrogen) atoms. The van der Waals surface area contributed by atoms with Gasteiger partial charge in [-0.15, -0.1) is 0 Å². The van der Waals surface area contributed by atoms with Gasteiger partial charge in [-0.05, 0) is 36.4 Å². The van der Waals surface area contributed by atoms with E-state index in [1.807, 2.05) is 0 Å². The molecule has 0 aliphatic heterocycles. The monoisotopic (exact) mass is 360 g/mol. The topological polar surface area (TPSA) is 35.6 Å². The first-order valence-corrected chi connectivity index (χ1v) is 9.26. The molecule has 3 aromatic carbocycles. The van der Waals surface area contributed by atoms with Crippen LogP contribution in [0.1, 0.15) is 0 Å². The highest BCUT2D eigenvalue weighted by molar-refractivity contribution is 6.16. The fraction of sp³-hybridized carbons (Fsp3) is 0. The number of hydrogen-bond acceptors (Lipinski definition) is 2. The summed E-state index contributed by atoms with van der Waals surface area (Å²) in [6.45, 7) is 0. The van der Waals surface area contributed by atoms with Crippen molar-refractivity contribution >= 4 is 32.6 Å². The molecule has 4 nitrogen and oxygen atoms in total. The molecule has 0 aliphatic rings. The van der Waals surface area contributed by atoms with Gasteiger partial charge in [-0.25, -0.2) is 0 Å². The summed E-state index contributed by atoms with van der Waals surface area (Å²) in [4.78, 5) is 9.10. The highest BCUT2D eigenvalue weighted by atomic mass is 15.0. The minimum Gasteiger partial charge on any atom is -0.323 e. The molecule has 0 saturated heterocycles. The summed E-state index contributed by atoms with van der Waals surface area (Å²) in [6, 6.07) is 21.1. The lowest BCUT2D eigenvalue weighted by Gasteiger charge is -2.18. The van der Waals surface area contributed by atoms with E-state index in [0.717, 1.165) is 21.8 Å². The van der Waals surface area contributed by atoms with Gasteiger partial charge < -0.3 is 9.13 Å². The average Bonchev–Trinajstić information content (AvgIpc) is 3.45. The minimum atomic E-state index is 0.900. The molecule has 0 aliphatic carbocycles. The van der Waals surface area contributed by atoms with Gasteiger partial charge >= 0.3 is 0 Å². The van der Waals surface area contributed by atoms with Crippen molar-refractivity contribution in [2.75, 3.05) is 0 Å². The van der Waals surface area contributed by atoms with Crippen LogP contribution in [-0.2, 0) is 0 Å². The molecule has 0 unspecified atom stereocenters. The number of benzene rings is 3. The van der Waals surface area contributed by atoms with E-state index in [-0.39, 0.29) is 0 Å². The lowest BCUT2D eigenvalue weighted by Crippen LogP contribution is -2.00. The summed E-state index contributed by atoms with van der Waals surface area (Å²) in [5.74, 6) is 0. The molecule has 6 aromatic rings. The second-order valence-corrected chi connectivity index (χ2v) is 6.87. The molecule has 0 radical (unpaired) electrons. The Kier molecular flexibility index (Phi) is 3.14. The molecule has 0 spiro atoms. The van der Waals surface area contributed by atoms with Crippen molar-refractivity contribution in [3.8, 4) is 11.4 Å². The molecule has 3 heterocycles. The summed E-state index contributed by atoms with van der Waals surface area (Å²) in [6.07, 6.45) is 11.9. The zero-order valence-corrected chi connectivity index (χ0v) is 15.0. The standard InChI is InChI=1S/C24H16N4/c1-2-8-18-17(7-1)23(27-11-3-4-12-27)19-15-21-22(26-10-9-25-21)16-20(19)24(18)28-13-5-6-14-28/h1-16H. The molecule has 132 valence electrons. The third kappa shape index (κ3) is 2.12. The molecule has 0 bridgehead atoms. The van der Waals surface area contributed by atoms with Crippen LogP contribution in [-0.4, -0.2) is 19.1 Å². The van der Waals surface area contributed by atoms with E-state index in [0.29, 0.717) is 0 Å². The summed E-state index contributed by atoms with van der Waals surface area (Å²) < 4.78 is 4.37. The maximum absolute atomic E-state index is 4.55. The molecule has 0 atom stereocenters. The van der Waals surface area contributed by atoms with Gasteiger partial charge in [0.25, 0.3) is 0 Å². The van der Waals surface area contributed by atoms with Crippen molar-refractivity contribution in [1.29, 1.82) is 0 Å². The van der Waals surface area contributed by atoms with Crippen molar-refractivity contribution in [2.45, 2.75) is 0 Å². The SMILES string of the molecule is c1ccc2c(-n3cccc3)c3cc4nccnc4cc3c(-n3cccc3)c2c1. The van der Waals surface area contributed by atoms with E-state index >= 15 is 0 Å². The fourth-order valence-corrected chi connectivity index (χ4v) is 4.11. The second-order valence-electron chi connectivity index (χ2n) is 6.87. The Labute approximate surface area is 161 Å². The normalized spacial score (nSPS) is 11.6. The van der Waals surface area contributed by atoms with E-state index in [4.69, 9.17) is 0 Å². The number of hydrogen-bond donors (Lipinski definition) is 0. The van der Waals surface area contributed by atoms with E-state index in [9.17, 15) is 0 Å². The Morgan fingerprint density at radius 1 is 0.500 bits per heavy atom. The van der Waals surface area contributed by atoms with Crippen LogP contribution in [0, 0.1) is 0 Å². The quantitative estimate of drug-likeness (QED) is 0.381. The second kappa shape index (κ2) is 5.79. The van der Waals surface area contributed by atoms with Gasteiger partial charge in [0.1, 0.15) is 0 Å². The zero-order valence-electron chi connectivity index (χ0n) is 15.0. The first kappa shape index (κ1) is 15.2. The van der Waals surface area contributed by atoms with Crippen molar-refractivity contribution in [1.82, 2.24) is 19.1 Å². The maximum atomic E-state index is 4.55. The zero-order chi connectivity index (χ0) is 18.5. The van der Waals surface area contributed by atoms with Crippen LogP contribution in [0.5, 0.6) is 0 Å². The van der Waals surface area contributed by atoms with Gasteiger partial charge in [-0.3, -0.25) is 9.97 Å². The number of nitrogens with zero attached hydrogens (tertiary/aromatic N) is 4. The third-order valence-corrected chi connectivity index (χ3v) is 5.28. The number of aromatic nitrogens is 4. The van der Waals surface area contributed by atoms with Gasteiger partial charge in [0.05, 0.1) is 22.4 Å². The fourth-order valence-electron chi connectivity index (χ4n) is 4.11. The van der Waals surface area contributed by atoms with Crippen LogP contribution in [0.4, 0.5) is 0 Å². The van der Waals surface area contributed by atoms with Crippen LogP contribution >= 0.6 is 0 Å². The molecule has 3 aromatic heterocycles. The predicted molar refractivity (Wildman–Crippen MR) is 113 cm³/mol. The van der Waals surface area contributed by atoms with E-state index in [2.05, 4.69) is 105 Å². The van der Waals surface area contributed by atoms with Gasteiger partial charge in [0.15, 0.2) is 0 Å². The van der Waals surface area contributed by atoms with Gasteiger partial charge in [-0.1, -0.05) is 24.3 Å². The maximum Gasteiger partial charge on any atom is 0.0893 e. The van der Waals surface area contributed by atoms with E-state index in [1.54, 1.807) is 12.4 Å². The highest BCUT2D eigenvalue weighted by Crippen LogP contribution is 2.39. The highest BCUT2D eigenvalue weighted by Gasteiger charge is 2.17. The lowest BCUT2D eigenvalue weighted by molar-refractivity contribution is 1.09. The van der Waals surface area contributed by atoms with Crippen molar-refractivity contribution in [3.63, 3.8) is 0 Å². The van der Waals surface area contributed by atoms with Crippen molar-refractivity contribution in [3.05, 3.63) is 97.8 Å². The summed E-state index contributed by atoms with van der Waals surface area (Å²) in [5.41, 5.74) is 4.13. The summed E-state index contributed by atoms with van der Waals surface area (Å²) in [7, 11) is 0. The smallest absolute Gasteiger partial charge is 0.0893 e. The van der Waals surface area contributed by atoms with Crippen LogP contribution in [0.25, 0.3) is 44.0 Å². The van der Waals surface area contributed by atoms with Crippen molar-refractivity contribution in [2.24, 2.45) is 0 Å². The molecule has 6 rings (SSSR count). The van der Waals surface area contributed by atoms with Crippen LogP contribution in [0.3, 0.4) is 0 Å². The molecule has 4 heteroatoms. The Hall–Kier alpha value is -3.92. The lowest BCUT2D eigenvalue weighted by atomic mass is 9.97. The molecule has 0 amide bonds. The number of rotatable bonds is 2.